The van der Waals surface area contributed by atoms with Crippen molar-refractivity contribution >= 4 is 5.97 Å². The van der Waals surface area contributed by atoms with Crippen LogP contribution in [0.1, 0.15) is 29.2 Å². The van der Waals surface area contributed by atoms with Crippen molar-refractivity contribution in [1.29, 1.82) is 5.26 Å². The Kier molecular flexibility index (Phi) is 5.11. The summed E-state index contributed by atoms with van der Waals surface area (Å²) >= 11 is 0. The van der Waals surface area contributed by atoms with Crippen molar-refractivity contribution < 1.29 is 27.8 Å². The van der Waals surface area contributed by atoms with E-state index in [4.69, 9.17) is 10.4 Å². The molecule has 1 aromatic carbocycles. The molecule has 0 amide bonds. The van der Waals surface area contributed by atoms with Crippen molar-refractivity contribution in [3.8, 4) is 6.07 Å². The third-order valence-corrected chi connectivity index (χ3v) is 2.54. The summed E-state index contributed by atoms with van der Waals surface area (Å²) in [5.41, 5.74) is -1.87. The standard InChI is InChI=1S/C13H12F3NO3/c1-2-20-12(19)5-10-9(6-17)3-8(7-18)4-11(10)13(14,15)16/h3-4,18H,2,5,7H2,1H3. The molecule has 4 nitrogen and oxygen atoms in total. The summed E-state index contributed by atoms with van der Waals surface area (Å²) in [5, 5.41) is 17.9. The molecule has 0 aliphatic carbocycles. The maximum absolute atomic E-state index is 13.0. The van der Waals surface area contributed by atoms with Gasteiger partial charge in [-0.2, -0.15) is 18.4 Å². The molecule has 1 aromatic rings. The summed E-state index contributed by atoms with van der Waals surface area (Å²) in [6.45, 7) is 0.941. The number of benzene rings is 1. The molecule has 1 N–H and O–H groups in total. The third-order valence-electron chi connectivity index (χ3n) is 2.54. The summed E-state index contributed by atoms with van der Waals surface area (Å²) in [6, 6.07) is 3.47. The summed E-state index contributed by atoms with van der Waals surface area (Å²) in [5.74, 6) is -0.841. The molecular formula is C13H12F3NO3. The van der Waals surface area contributed by atoms with Crippen LogP contribution in [0.3, 0.4) is 0 Å². The molecule has 0 saturated heterocycles. The molecule has 0 aliphatic heterocycles. The Morgan fingerprint density at radius 1 is 1.45 bits per heavy atom. The quantitative estimate of drug-likeness (QED) is 0.862. The van der Waals surface area contributed by atoms with Gasteiger partial charge in [-0.15, -0.1) is 0 Å². The lowest BCUT2D eigenvalue weighted by Crippen LogP contribution is -2.16. The second-order valence-corrected chi connectivity index (χ2v) is 3.92. The summed E-state index contributed by atoms with van der Waals surface area (Å²) in [4.78, 5) is 11.4. The lowest BCUT2D eigenvalue weighted by Gasteiger charge is -2.15. The van der Waals surface area contributed by atoms with Crippen molar-refractivity contribution in [3.05, 3.63) is 34.4 Å². The highest BCUT2D eigenvalue weighted by atomic mass is 19.4. The highest BCUT2D eigenvalue weighted by molar-refractivity contribution is 5.74. The number of nitriles is 1. The van der Waals surface area contributed by atoms with E-state index in [1.54, 1.807) is 6.07 Å². The molecule has 0 radical (unpaired) electrons. The van der Waals surface area contributed by atoms with Crippen LogP contribution in [0.4, 0.5) is 13.2 Å². The predicted molar refractivity (Wildman–Crippen MR) is 62.4 cm³/mol. The number of carbonyl (C=O) groups excluding carboxylic acids is 1. The predicted octanol–water partition coefficient (Wildman–Crippen LogP) is 2.17. The van der Waals surface area contributed by atoms with Crippen LogP contribution in [0.5, 0.6) is 0 Å². The number of hydrogen-bond donors (Lipinski definition) is 1. The van der Waals surface area contributed by atoms with Crippen LogP contribution in [0.2, 0.25) is 0 Å². The lowest BCUT2D eigenvalue weighted by atomic mass is 9.95. The number of alkyl halides is 3. The van der Waals surface area contributed by atoms with Crippen molar-refractivity contribution in [2.24, 2.45) is 0 Å². The van der Waals surface area contributed by atoms with Crippen LogP contribution >= 0.6 is 0 Å². The van der Waals surface area contributed by atoms with Crippen LogP contribution in [-0.4, -0.2) is 17.7 Å². The minimum Gasteiger partial charge on any atom is -0.466 e. The van der Waals surface area contributed by atoms with Crippen LogP contribution < -0.4 is 0 Å². The Bertz CT molecular complexity index is 547. The molecule has 1 rings (SSSR count). The third kappa shape index (κ3) is 3.71. The van der Waals surface area contributed by atoms with Crippen molar-refractivity contribution in [1.82, 2.24) is 0 Å². The number of nitrogens with zero attached hydrogens (tertiary/aromatic N) is 1. The fourth-order valence-electron chi connectivity index (χ4n) is 1.72. The molecule has 0 heterocycles. The first kappa shape index (κ1) is 16.0. The highest BCUT2D eigenvalue weighted by Gasteiger charge is 2.35. The van der Waals surface area contributed by atoms with Gasteiger partial charge in [-0.1, -0.05) is 0 Å². The number of carbonyl (C=O) groups is 1. The summed E-state index contributed by atoms with van der Waals surface area (Å²) < 4.78 is 43.5. The minimum absolute atomic E-state index is 0.0385. The zero-order valence-corrected chi connectivity index (χ0v) is 10.6. The van der Waals surface area contributed by atoms with Gasteiger partial charge in [0.25, 0.3) is 0 Å². The number of halogens is 3. The SMILES string of the molecule is CCOC(=O)Cc1c(C#N)cc(CO)cc1C(F)(F)F. The molecule has 0 bridgehead atoms. The molecule has 0 saturated carbocycles. The molecule has 0 aliphatic rings. The molecule has 0 unspecified atom stereocenters. The lowest BCUT2D eigenvalue weighted by molar-refractivity contribution is -0.143. The van der Waals surface area contributed by atoms with Gasteiger partial charge in [0.15, 0.2) is 0 Å². The van der Waals surface area contributed by atoms with Crippen LogP contribution in [0.25, 0.3) is 0 Å². The molecule has 20 heavy (non-hydrogen) atoms. The monoisotopic (exact) mass is 287 g/mol. The molecular weight excluding hydrogens is 275 g/mol. The van der Waals surface area contributed by atoms with Crippen molar-refractivity contribution in [2.75, 3.05) is 6.61 Å². The van der Waals surface area contributed by atoms with Gasteiger partial charge in [-0.25, -0.2) is 0 Å². The van der Waals surface area contributed by atoms with E-state index in [-0.39, 0.29) is 17.7 Å². The number of hydrogen-bond acceptors (Lipinski definition) is 4. The van der Waals surface area contributed by atoms with E-state index < -0.39 is 36.3 Å². The Morgan fingerprint density at radius 2 is 2.10 bits per heavy atom. The Labute approximate surface area is 113 Å². The van der Waals surface area contributed by atoms with Gasteiger partial charge >= 0.3 is 12.1 Å². The molecule has 7 heteroatoms. The molecule has 0 fully saturated rings. The van der Waals surface area contributed by atoms with Crippen molar-refractivity contribution in [3.63, 3.8) is 0 Å². The molecule has 0 atom stereocenters. The van der Waals surface area contributed by atoms with E-state index in [1.807, 2.05) is 0 Å². The van der Waals surface area contributed by atoms with Crippen LogP contribution in [-0.2, 0) is 28.7 Å². The van der Waals surface area contributed by atoms with Gasteiger partial charge < -0.3 is 9.84 Å². The Hall–Kier alpha value is -2.07. The minimum atomic E-state index is -4.72. The van der Waals surface area contributed by atoms with Crippen LogP contribution in [0.15, 0.2) is 12.1 Å². The normalized spacial score (nSPS) is 11.0. The van der Waals surface area contributed by atoms with Gasteiger partial charge in [0.2, 0.25) is 0 Å². The fraction of sp³-hybridized carbons (Fsp3) is 0.385. The second-order valence-electron chi connectivity index (χ2n) is 3.92. The average molecular weight is 287 g/mol. The number of ether oxygens (including phenoxy) is 1. The van der Waals surface area contributed by atoms with E-state index in [2.05, 4.69) is 4.74 Å². The largest absolute Gasteiger partial charge is 0.466 e. The first-order valence-electron chi connectivity index (χ1n) is 5.73. The van der Waals surface area contributed by atoms with Gasteiger partial charge in [-0.05, 0) is 30.2 Å². The first-order chi connectivity index (χ1) is 9.33. The second kappa shape index (κ2) is 6.39. The van der Waals surface area contributed by atoms with E-state index in [0.29, 0.717) is 0 Å². The number of aliphatic hydroxyl groups is 1. The van der Waals surface area contributed by atoms with Gasteiger partial charge in [0.1, 0.15) is 0 Å². The maximum Gasteiger partial charge on any atom is 0.416 e. The zero-order valence-electron chi connectivity index (χ0n) is 10.6. The molecule has 0 spiro atoms. The van der Waals surface area contributed by atoms with Gasteiger partial charge in [0.05, 0.1) is 36.8 Å². The summed E-state index contributed by atoms with van der Waals surface area (Å²) in [7, 11) is 0. The smallest absolute Gasteiger partial charge is 0.416 e. The van der Waals surface area contributed by atoms with E-state index in [0.717, 1.165) is 12.1 Å². The van der Waals surface area contributed by atoms with Crippen LogP contribution in [0, 0.1) is 11.3 Å². The van der Waals surface area contributed by atoms with Gasteiger partial charge in [0, 0.05) is 0 Å². The van der Waals surface area contributed by atoms with E-state index in [1.165, 1.54) is 6.92 Å². The first-order valence-corrected chi connectivity index (χ1v) is 5.73. The topological polar surface area (TPSA) is 70.3 Å². The Balaban J connectivity index is 3.38. The zero-order chi connectivity index (χ0) is 15.3. The summed E-state index contributed by atoms with van der Waals surface area (Å²) in [6.07, 6.45) is -5.37. The van der Waals surface area contributed by atoms with E-state index >= 15 is 0 Å². The van der Waals surface area contributed by atoms with E-state index in [9.17, 15) is 18.0 Å². The average Bonchev–Trinajstić information content (AvgIpc) is 2.37. The molecule has 0 aromatic heterocycles. The number of rotatable bonds is 4. The fourth-order valence-corrected chi connectivity index (χ4v) is 1.72. The molecule has 108 valence electrons. The number of aliphatic hydroxyl groups excluding tert-OH is 1. The van der Waals surface area contributed by atoms with Gasteiger partial charge in [-0.3, -0.25) is 4.79 Å². The Morgan fingerprint density at radius 3 is 2.55 bits per heavy atom. The number of esters is 1. The highest BCUT2D eigenvalue weighted by Crippen LogP contribution is 2.34. The van der Waals surface area contributed by atoms with Crippen molar-refractivity contribution in [2.45, 2.75) is 26.1 Å². The maximum atomic E-state index is 13.0.